The molecule has 0 saturated heterocycles. The Morgan fingerprint density at radius 2 is 2.50 bits per heavy atom. The highest BCUT2D eigenvalue weighted by molar-refractivity contribution is 5.86. The van der Waals surface area contributed by atoms with Crippen LogP contribution in [0, 0.1) is 5.92 Å². The molecule has 1 unspecified atom stereocenters. The smallest absolute Gasteiger partial charge is 0.327 e. The van der Waals surface area contributed by atoms with Crippen molar-refractivity contribution in [3.05, 3.63) is 10.4 Å². The molecule has 0 heterocycles. The number of hydrogen-bond donors (Lipinski definition) is 0. The van der Waals surface area contributed by atoms with Crippen molar-refractivity contribution in [3.63, 3.8) is 0 Å². The molecule has 0 aromatic carbocycles. The van der Waals surface area contributed by atoms with E-state index in [0.717, 1.165) is 0 Å². The van der Waals surface area contributed by atoms with Crippen LogP contribution in [0.2, 0.25) is 0 Å². The van der Waals surface area contributed by atoms with Gasteiger partial charge in [-0.1, -0.05) is 0 Å². The van der Waals surface area contributed by atoms with Crippen LogP contribution in [0.5, 0.6) is 0 Å². The van der Waals surface area contributed by atoms with Gasteiger partial charge in [-0.15, -0.1) is 0 Å². The Morgan fingerprint density at radius 1 is 1.90 bits per heavy atom. The lowest BCUT2D eigenvalue weighted by molar-refractivity contribution is -0.149. The molecule has 0 radical (unpaired) electrons. The average molecular weight is 143 g/mol. The first-order chi connectivity index (χ1) is 4.72. The van der Waals surface area contributed by atoms with Gasteiger partial charge in [-0.2, -0.15) is 0 Å². The molecule has 0 saturated carbocycles. The summed E-state index contributed by atoms with van der Waals surface area (Å²) in [7, 11) is 0. The van der Waals surface area contributed by atoms with Crippen LogP contribution in [-0.4, -0.2) is 12.3 Å². The van der Waals surface area contributed by atoms with Crippen LogP contribution in [0.3, 0.4) is 0 Å². The van der Waals surface area contributed by atoms with Crippen molar-refractivity contribution >= 4 is 12.3 Å². The minimum Gasteiger partial charge on any atom is -0.358 e. The zero-order valence-corrected chi connectivity index (χ0v) is 5.22. The van der Waals surface area contributed by atoms with Crippen molar-refractivity contribution in [2.24, 2.45) is 11.2 Å². The largest absolute Gasteiger partial charge is 0.358 e. The van der Waals surface area contributed by atoms with Crippen molar-refractivity contribution in [2.75, 3.05) is 0 Å². The lowest BCUT2D eigenvalue weighted by Gasteiger charge is -1.95. The Balaban J connectivity index is 3.83. The fourth-order valence-corrected chi connectivity index (χ4v) is 0.197. The molecule has 0 rings (SSSR count). The summed E-state index contributed by atoms with van der Waals surface area (Å²) in [4.78, 5) is 26.3. The molecular formula is C4H5N3O3. The number of azide groups is 1. The molecule has 1 atom stereocenters. The maximum Gasteiger partial charge on any atom is 0.327 e. The van der Waals surface area contributed by atoms with E-state index in [2.05, 4.69) is 15.0 Å². The molecular weight excluding hydrogens is 138 g/mol. The Labute approximate surface area is 56.4 Å². The van der Waals surface area contributed by atoms with E-state index in [9.17, 15) is 9.59 Å². The van der Waals surface area contributed by atoms with Gasteiger partial charge in [-0.25, -0.2) is 0 Å². The van der Waals surface area contributed by atoms with Crippen molar-refractivity contribution < 1.29 is 14.4 Å². The van der Waals surface area contributed by atoms with Gasteiger partial charge < -0.3 is 9.63 Å². The minimum absolute atomic E-state index is 0.398. The number of hydrogen-bond acceptors (Lipinski definition) is 4. The Kier molecular flexibility index (Phi) is 3.67. The molecule has 0 aliphatic rings. The van der Waals surface area contributed by atoms with Crippen molar-refractivity contribution in [3.8, 4) is 0 Å². The second-order valence-electron chi connectivity index (χ2n) is 1.51. The Hall–Kier alpha value is -1.55. The van der Waals surface area contributed by atoms with Crippen molar-refractivity contribution in [1.29, 1.82) is 0 Å². The van der Waals surface area contributed by atoms with E-state index >= 15 is 0 Å². The van der Waals surface area contributed by atoms with Crippen molar-refractivity contribution in [2.45, 2.75) is 6.92 Å². The zero-order chi connectivity index (χ0) is 7.98. The monoisotopic (exact) mass is 143 g/mol. The Morgan fingerprint density at radius 3 is 2.90 bits per heavy atom. The molecule has 0 aliphatic heterocycles. The average Bonchev–Trinajstić information content (AvgIpc) is 1.98. The van der Waals surface area contributed by atoms with Crippen LogP contribution in [-0.2, 0) is 14.4 Å². The normalized spacial score (nSPS) is 10.9. The molecule has 0 aliphatic carbocycles. The predicted molar refractivity (Wildman–Crippen MR) is 30.5 cm³/mol. The molecule has 0 amide bonds. The summed E-state index contributed by atoms with van der Waals surface area (Å²) >= 11 is 0. The van der Waals surface area contributed by atoms with E-state index < -0.39 is 11.9 Å². The van der Waals surface area contributed by atoms with E-state index in [-0.39, 0.29) is 0 Å². The van der Waals surface area contributed by atoms with E-state index in [1.165, 1.54) is 6.92 Å². The van der Waals surface area contributed by atoms with E-state index in [0.29, 0.717) is 6.29 Å². The number of aldehydes is 1. The Bertz CT molecular complexity index is 184. The molecule has 6 heteroatoms. The minimum atomic E-state index is -0.884. The van der Waals surface area contributed by atoms with Gasteiger partial charge in [0.05, 0.1) is 0 Å². The molecule has 0 aromatic heterocycles. The lowest BCUT2D eigenvalue weighted by Crippen LogP contribution is -2.12. The molecule has 0 N–H and O–H groups in total. The summed E-state index contributed by atoms with van der Waals surface area (Å²) < 4.78 is 0. The summed E-state index contributed by atoms with van der Waals surface area (Å²) in [5.74, 6) is -1.74. The lowest BCUT2D eigenvalue weighted by atomic mass is 10.2. The first kappa shape index (κ1) is 8.45. The van der Waals surface area contributed by atoms with Gasteiger partial charge >= 0.3 is 5.97 Å². The second kappa shape index (κ2) is 4.34. The SMILES string of the molecule is CC(C=O)C(=O)ON=[N+]=[N-]. The molecule has 0 bridgehead atoms. The fraction of sp³-hybridized carbons (Fsp3) is 0.500. The van der Waals surface area contributed by atoms with E-state index in [1.807, 2.05) is 0 Å². The number of carbonyl (C=O) groups is 2. The quantitative estimate of drug-likeness (QED) is 0.144. The molecule has 0 spiro atoms. The highest BCUT2D eigenvalue weighted by Gasteiger charge is 2.11. The molecule has 0 fully saturated rings. The molecule has 54 valence electrons. The fourth-order valence-electron chi connectivity index (χ4n) is 0.197. The number of carbonyl (C=O) groups excluding carboxylic acids is 2. The van der Waals surface area contributed by atoms with Gasteiger partial charge in [-0.3, -0.25) is 4.79 Å². The van der Waals surface area contributed by atoms with Crippen LogP contribution >= 0.6 is 0 Å². The van der Waals surface area contributed by atoms with Crippen LogP contribution in [0.1, 0.15) is 6.92 Å². The third-order valence-corrected chi connectivity index (χ3v) is 0.743. The summed E-state index contributed by atoms with van der Waals surface area (Å²) in [5, 5.41) is 2.51. The summed E-state index contributed by atoms with van der Waals surface area (Å²) in [6, 6.07) is 0. The van der Waals surface area contributed by atoms with Gasteiger partial charge in [0, 0.05) is 4.91 Å². The first-order valence-electron chi connectivity index (χ1n) is 2.43. The standard InChI is InChI=1S/C4H5N3O3/c1-3(2-8)4(9)10-7-6-5/h2-3H,1H3. The van der Waals surface area contributed by atoms with E-state index in [1.54, 1.807) is 0 Å². The van der Waals surface area contributed by atoms with Gasteiger partial charge in [0.25, 0.3) is 0 Å². The summed E-state index contributed by atoms with van der Waals surface area (Å²) in [6.07, 6.45) is 0.398. The second-order valence-corrected chi connectivity index (χ2v) is 1.51. The van der Waals surface area contributed by atoms with Crippen LogP contribution in [0.25, 0.3) is 10.4 Å². The summed E-state index contributed by atoms with van der Waals surface area (Å²) in [5.41, 5.74) is 7.66. The van der Waals surface area contributed by atoms with Crippen LogP contribution < -0.4 is 0 Å². The highest BCUT2D eigenvalue weighted by atomic mass is 16.7. The zero-order valence-electron chi connectivity index (χ0n) is 5.22. The van der Waals surface area contributed by atoms with Crippen molar-refractivity contribution in [1.82, 2.24) is 0 Å². The summed E-state index contributed by atoms with van der Waals surface area (Å²) in [6.45, 7) is 1.34. The van der Waals surface area contributed by atoms with Crippen LogP contribution in [0.4, 0.5) is 0 Å². The number of nitrogens with zero attached hydrogens (tertiary/aromatic N) is 3. The third kappa shape index (κ3) is 2.68. The third-order valence-electron chi connectivity index (χ3n) is 0.743. The van der Waals surface area contributed by atoms with Gasteiger partial charge in [0.2, 0.25) is 0 Å². The predicted octanol–water partition coefficient (Wildman–Crippen LogP) is 0.590. The first-order valence-corrected chi connectivity index (χ1v) is 2.43. The molecule has 0 aromatic rings. The topological polar surface area (TPSA) is 92.1 Å². The van der Waals surface area contributed by atoms with E-state index in [4.69, 9.17) is 5.53 Å². The maximum absolute atomic E-state index is 10.4. The van der Waals surface area contributed by atoms with Gasteiger partial charge in [0.15, 0.2) is 0 Å². The molecule has 10 heavy (non-hydrogen) atoms. The highest BCUT2D eigenvalue weighted by Crippen LogP contribution is 1.93. The number of rotatable bonds is 3. The van der Waals surface area contributed by atoms with Gasteiger partial charge in [0.1, 0.15) is 17.5 Å². The maximum atomic E-state index is 10.4. The van der Waals surface area contributed by atoms with Crippen LogP contribution in [0.15, 0.2) is 5.28 Å². The van der Waals surface area contributed by atoms with Gasteiger partial charge in [-0.05, 0) is 12.5 Å². The molecule has 6 nitrogen and oxygen atoms in total.